The van der Waals surface area contributed by atoms with Crippen molar-refractivity contribution in [2.45, 2.75) is 87.0 Å². The van der Waals surface area contributed by atoms with Gasteiger partial charge in [0.15, 0.2) is 17.3 Å². The largest absolute Gasteiger partial charge is 0.511 e. The van der Waals surface area contributed by atoms with E-state index in [-0.39, 0.29) is 39.9 Å². The first-order valence-electron chi connectivity index (χ1n) is 12.3. The highest BCUT2D eigenvalue weighted by molar-refractivity contribution is 6.24. The molecular weight excluding hydrogens is 428 g/mol. The second-order valence-electron chi connectivity index (χ2n) is 11.7. The lowest BCUT2D eigenvalue weighted by Gasteiger charge is -2.57. The van der Waals surface area contributed by atoms with Crippen LogP contribution in [-0.2, 0) is 22.4 Å². The lowest BCUT2D eigenvalue weighted by atomic mass is 9.44. The SMILES string of the molecule is CCc1cc(C(C)C)c2c(c1O)C(=O)C1=C(O)[C@]3(C)C(=O)C(C(C)=O)=C(C)C[C@]3(C)CC1(C)C2. The summed E-state index contributed by atoms with van der Waals surface area (Å²) in [4.78, 5) is 40.2. The van der Waals surface area contributed by atoms with Gasteiger partial charge in [0.25, 0.3) is 0 Å². The summed E-state index contributed by atoms with van der Waals surface area (Å²) in [7, 11) is 0. The van der Waals surface area contributed by atoms with Crippen molar-refractivity contribution in [2.24, 2.45) is 16.2 Å². The topological polar surface area (TPSA) is 91.7 Å². The van der Waals surface area contributed by atoms with Gasteiger partial charge in [0.1, 0.15) is 11.5 Å². The molecule has 3 aliphatic carbocycles. The number of carbonyl (C=O) groups excluding carboxylic acids is 3. The van der Waals surface area contributed by atoms with Gasteiger partial charge in [-0.3, -0.25) is 14.4 Å². The van der Waals surface area contributed by atoms with Gasteiger partial charge in [0.05, 0.1) is 16.6 Å². The van der Waals surface area contributed by atoms with Gasteiger partial charge in [-0.1, -0.05) is 46.3 Å². The molecule has 0 spiro atoms. The maximum atomic E-state index is 14.1. The Kier molecular flexibility index (Phi) is 5.32. The molecule has 3 atom stereocenters. The maximum absolute atomic E-state index is 14.1. The predicted octanol–water partition coefficient (Wildman–Crippen LogP) is 5.93. The van der Waals surface area contributed by atoms with Gasteiger partial charge in [0.2, 0.25) is 0 Å². The van der Waals surface area contributed by atoms with Crippen molar-refractivity contribution in [3.63, 3.8) is 0 Å². The molecule has 3 aliphatic rings. The van der Waals surface area contributed by atoms with Gasteiger partial charge < -0.3 is 10.2 Å². The van der Waals surface area contributed by atoms with Gasteiger partial charge in [-0.25, -0.2) is 0 Å². The summed E-state index contributed by atoms with van der Waals surface area (Å²) in [6.07, 6.45) is 2.09. The fraction of sp³-hybridized carbons (Fsp3) is 0.552. The Morgan fingerprint density at radius 1 is 1.12 bits per heavy atom. The average molecular weight is 465 g/mol. The number of rotatable bonds is 3. The van der Waals surface area contributed by atoms with Crippen LogP contribution in [0.4, 0.5) is 0 Å². The third-order valence-electron chi connectivity index (χ3n) is 8.96. The van der Waals surface area contributed by atoms with Crippen molar-refractivity contribution < 1.29 is 24.6 Å². The molecule has 0 aromatic heterocycles. The van der Waals surface area contributed by atoms with Crippen LogP contribution in [0.1, 0.15) is 101 Å². The zero-order chi connectivity index (χ0) is 25.5. The Balaban J connectivity index is 2.05. The molecule has 0 amide bonds. The van der Waals surface area contributed by atoms with Crippen molar-refractivity contribution in [1.82, 2.24) is 0 Å². The molecule has 0 saturated heterocycles. The smallest absolute Gasteiger partial charge is 0.196 e. The van der Waals surface area contributed by atoms with Gasteiger partial charge in [0, 0.05) is 11.0 Å². The maximum Gasteiger partial charge on any atom is 0.196 e. The van der Waals surface area contributed by atoms with Crippen LogP contribution in [0.5, 0.6) is 5.75 Å². The number of benzene rings is 1. The minimum Gasteiger partial charge on any atom is -0.511 e. The van der Waals surface area contributed by atoms with E-state index in [0.717, 1.165) is 16.7 Å². The van der Waals surface area contributed by atoms with Crippen molar-refractivity contribution in [1.29, 1.82) is 0 Å². The van der Waals surface area contributed by atoms with Gasteiger partial charge in [-0.05, 0) is 74.5 Å². The van der Waals surface area contributed by atoms with E-state index in [9.17, 15) is 24.6 Å². The number of phenolic OH excluding ortho intramolecular Hbond substituents is 1. The van der Waals surface area contributed by atoms with Crippen LogP contribution in [0.3, 0.4) is 0 Å². The van der Waals surface area contributed by atoms with Crippen molar-refractivity contribution in [3.05, 3.63) is 50.8 Å². The van der Waals surface area contributed by atoms with Crippen molar-refractivity contribution >= 4 is 17.3 Å². The molecule has 1 unspecified atom stereocenters. The molecule has 182 valence electrons. The van der Waals surface area contributed by atoms with E-state index in [1.54, 1.807) is 6.92 Å². The fourth-order valence-corrected chi connectivity index (χ4v) is 7.21. The van der Waals surface area contributed by atoms with Crippen LogP contribution >= 0.6 is 0 Å². The molecular formula is C29H36O5. The third-order valence-corrected chi connectivity index (χ3v) is 8.96. The number of aromatic hydroxyl groups is 1. The molecule has 0 bridgehead atoms. The number of aliphatic hydroxyl groups excluding tert-OH is 1. The zero-order valence-electron chi connectivity index (χ0n) is 21.6. The quantitative estimate of drug-likeness (QED) is 0.541. The number of allylic oxidation sites excluding steroid dienone is 4. The molecule has 0 heterocycles. The lowest BCUT2D eigenvalue weighted by molar-refractivity contribution is -0.137. The van der Waals surface area contributed by atoms with Gasteiger partial charge in [-0.15, -0.1) is 0 Å². The molecule has 0 aliphatic heterocycles. The lowest BCUT2D eigenvalue weighted by Crippen LogP contribution is -2.57. The number of phenols is 1. The highest BCUT2D eigenvalue weighted by Gasteiger charge is 2.65. The summed E-state index contributed by atoms with van der Waals surface area (Å²) in [5.41, 5.74) is 1.23. The fourth-order valence-electron chi connectivity index (χ4n) is 7.21. The normalized spacial score (nSPS) is 31.0. The number of Topliss-reactive ketones (excluding diaryl/α,β-unsaturated/α-hetero) is 3. The monoisotopic (exact) mass is 464 g/mol. The minimum atomic E-state index is -1.38. The second kappa shape index (κ2) is 7.40. The van der Waals surface area contributed by atoms with Crippen LogP contribution in [0, 0.1) is 16.2 Å². The first-order valence-corrected chi connectivity index (χ1v) is 12.3. The molecule has 34 heavy (non-hydrogen) atoms. The highest BCUT2D eigenvalue weighted by Crippen LogP contribution is 2.66. The molecule has 4 rings (SSSR count). The number of aryl methyl sites for hydroxylation is 1. The number of fused-ring (bicyclic) bond motifs is 3. The predicted molar refractivity (Wildman–Crippen MR) is 131 cm³/mol. The molecule has 5 nitrogen and oxygen atoms in total. The minimum absolute atomic E-state index is 0.0251. The summed E-state index contributed by atoms with van der Waals surface area (Å²) in [6, 6.07) is 2.01. The van der Waals surface area contributed by atoms with E-state index in [1.807, 2.05) is 33.8 Å². The summed E-state index contributed by atoms with van der Waals surface area (Å²) >= 11 is 0. The number of hydrogen-bond acceptors (Lipinski definition) is 5. The number of hydrogen-bond donors (Lipinski definition) is 2. The van der Waals surface area contributed by atoms with Crippen LogP contribution in [0.2, 0.25) is 0 Å². The van der Waals surface area contributed by atoms with Crippen molar-refractivity contribution in [2.75, 3.05) is 0 Å². The van der Waals surface area contributed by atoms with Crippen LogP contribution < -0.4 is 0 Å². The zero-order valence-corrected chi connectivity index (χ0v) is 21.6. The number of aliphatic hydroxyl groups is 1. The molecule has 1 aromatic carbocycles. The van der Waals surface area contributed by atoms with E-state index < -0.39 is 27.8 Å². The standard InChI is InChI=1S/C29H36O5/c1-9-17-10-18(14(2)3)19-12-27(6)13-28(7)11-15(4)20(16(5)30)25(33)29(28,8)26(34)22(27)24(32)21(19)23(17)31/h10,14,31,34H,9,11-13H2,1-8H3/t27?,28-,29+/m1/s1. The molecule has 0 saturated carbocycles. The second-order valence-corrected chi connectivity index (χ2v) is 11.7. The van der Waals surface area contributed by atoms with Crippen LogP contribution in [-0.4, -0.2) is 27.6 Å². The van der Waals surface area contributed by atoms with E-state index in [2.05, 4.69) is 13.8 Å². The molecule has 0 fully saturated rings. The Morgan fingerprint density at radius 3 is 2.26 bits per heavy atom. The molecule has 1 aromatic rings. The molecule has 0 radical (unpaired) electrons. The highest BCUT2D eigenvalue weighted by atomic mass is 16.3. The first kappa shape index (κ1) is 24.4. The number of ketones is 3. The average Bonchev–Trinajstić information content (AvgIpc) is 2.70. The van der Waals surface area contributed by atoms with E-state index in [4.69, 9.17) is 0 Å². The van der Waals surface area contributed by atoms with Crippen LogP contribution in [0.15, 0.2) is 28.5 Å². The Morgan fingerprint density at radius 2 is 1.74 bits per heavy atom. The Hall–Kier alpha value is -2.69. The van der Waals surface area contributed by atoms with Gasteiger partial charge >= 0.3 is 0 Å². The van der Waals surface area contributed by atoms with Gasteiger partial charge in [-0.2, -0.15) is 0 Å². The van der Waals surface area contributed by atoms with Crippen LogP contribution in [0.25, 0.3) is 0 Å². The third kappa shape index (κ3) is 2.88. The first-order chi connectivity index (χ1) is 15.6. The summed E-state index contributed by atoms with van der Waals surface area (Å²) < 4.78 is 0. The molecule has 5 heteroatoms. The van der Waals surface area contributed by atoms with E-state index in [0.29, 0.717) is 31.2 Å². The summed E-state index contributed by atoms with van der Waals surface area (Å²) in [5.74, 6) is -1.22. The molecule has 2 N–H and O–H groups in total. The summed E-state index contributed by atoms with van der Waals surface area (Å²) in [5, 5.41) is 22.8. The van der Waals surface area contributed by atoms with Crippen molar-refractivity contribution in [3.8, 4) is 5.75 Å². The Bertz CT molecular complexity index is 1230. The van der Waals surface area contributed by atoms with E-state index >= 15 is 0 Å². The Labute approximate surface area is 202 Å². The van der Waals surface area contributed by atoms with E-state index in [1.165, 1.54) is 6.92 Å². The summed E-state index contributed by atoms with van der Waals surface area (Å²) in [6.45, 7) is 15.0. The number of carbonyl (C=O) groups is 3.